The number of nitrogens with zero attached hydrogens (tertiary/aromatic N) is 4. The molecule has 1 fully saturated rings. The van der Waals surface area contributed by atoms with Crippen LogP contribution in [0.1, 0.15) is 35.4 Å². The van der Waals surface area contributed by atoms with Crippen LogP contribution in [0.25, 0.3) is 0 Å². The second kappa shape index (κ2) is 11.4. The molecule has 3 aromatic heterocycles. The van der Waals surface area contributed by atoms with Crippen LogP contribution in [0.15, 0.2) is 60.0 Å². The van der Waals surface area contributed by atoms with E-state index in [1.54, 1.807) is 31.9 Å². The van der Waals surface area contributed by atoms with E-state index in [4.69, 9.17) is 0 Å². The van der Waals surface area contributed by atoms with Crippen molar-refractivity contribution in [3.05, 3.63) is 89.5 Å². The van der Waals surface area contributed by atoms with Crippen molar-refractivity contribution in [1.82, 2.24) is 15.0 Å². The number of aliphatic imine (C=N–C) groups is 1. The number of hydrogen-bond acceptors (Lipinski definition) is 5. The van der Waals surface area contributed by atoms with Gasteiger partial charge in [0.2, 0.25) is 0 Å². The fourth-order valence-electron chi connectivity index (χ4n) is 2.60. The molecule has 0 atom stereocenters. The van der Waals surface area contributed by atoms with Crippen molar-refractivity contribution in [3.8, 4) is 0 Å². The third kappa shape index (κ3) is 6.71. The summed E-state index contributed by atoms with van der Waals surface area (Å²) in [6.45, 7) is 1.93. The van der Waals surface area contributed by atoms with Crippen molar-refractivity contribution >= 4 is 17.9 Å². The molecule has 0 bridgehead atoms. The summed E-state index contributed by atoms with van der Waals surface area (Å²) in [6, 6.07) is 14.3. The number of carbonyl (C=O) groups excluding carboxylic acids is 1. The first-order chi connectivity index (χ1) is 13.7. The summed E-state index contributed by atoms with van der Waals surface area (Å²) < 4.78 is 0. The molecule has 0 aromatic carbocycles. The van der Waals surface area contributed by atoms with Crippen molar-refractivity contribution < 1.29 is 30.6 Å². The van der Waals surface area contributed by atoms with Crippen LogP contribution in [0, 0.1) is 18.9 Å². The molecular weight excluding hydrogens is 529 g/mol. The first-order valence-electron chi connectivity index (χ1n) is 8.88. The number of pyridine rings is 3. The van der Waals surface area contributed by atoms with Crippen LogP contribution in [0.4, 0.5) is 5.82 Å². The van der Waals surface area contributed by atoms with Crippen molar-refractivity contribution in [2.45, 2.75) is 19.8 Å². The van der Waals surface area contributed by atoms with Gasteiger partial charge in [-0.15, -0.1) is 18.9 Å². The molecule has 4 rings (SSSR count). The molecule has 1 aliphatic carbocycles. The van der Waals surface area contributed by atoms with Crippen molar-refractivity contribution in [2.75, 3.05) is 12.4 Å². The molecule has 1 aliphatic rings. The van der Waals surface area contributed by atoms with Gasteiger partial charge >= 0.3 is 0 Å². The van der Waals surface area contributed by atoms with Gasteiger partial charge in [0.25, 0.3) is 0 Å². The fourth-order valence-corrected chi connectivity index (χ4v) is 2.60. The molecule has 3 aromatic rings. The van der Waals surface area contributed by atoms with Gasteiger partial charge in [-0.25, -0.2) is 12.0 Å². The van der Waals surface area contributed by atoms with E-state index >= 15 is 0 Å². The van der Waals surface area contributed by atoms with Crippen LogP contribution in [-0.4, -0.2) is 34.1 Å². The Bertz CT molecular complexity index is 941. The Balaban J connectivity index is 0.000000250. The summed E-state index contributed by atoms with van der Waals surface area (Å²) in [6.07, 6.45) is 9.28. The van der Waals surface area contributed by atoms with Gasteiger partial charge in [-0.1, -0.05) is 12.3 Å². The minimum Gasteiger partial charge on any atom is -0.475 e. The Morgan fingerprint density at radius 3 is 2.55 bits per heavy atom. The molecule has 6 nitrogen and oxygen atoms in total. The van der Waals surface area contributed by atoms with Gasteiger partial charge in [0.15, 0.2) is 0 Å². The monoisotopic (exact) mass is 550 g/mol. The third-order valence-corrected chi connectivity index (χ3v) is 4.05. The molecule has 0 aliphatic heterocycles. The number of rotatable bonds is 5. The molecule has 29 heavy (non-hydrogen) atoms. The summed E-state index contributed by atoms with van der Waals surface area (Å²) in [5.41, 5.74) is 4.70. The molecule has 146 valence electrons. The van der Waals surface area contributed by atoms with E-state index < -0.39 is 0 Å². The average Bonchev–Trinajstić information content (AvgIpc) is 3.57. The van der Waals surface area contributed by atoms with Crippen molar-refractivity contribution in [1.29, 1.82) is 0 Å². The molecule has 0 saturated heterocycles. The molecular formula is C22H20HfN5O-3. The van der Waals surface area contributed by atoms with E-state index in [0.29, 0.717) is 5.82 Å². The molecule has 1 saturated carbocycles. The number of nitrogens with one attached hydrogen (secondary N) is 1. The number of amides is 1. The predicted octanol–water partition coefficient (Wildman–Crippen LogP) is 3.33. The van der Waals surface area contributed by atoms with Crippen LogP contribution in [0.5, 0.6) is 0 Å². The van der Waals surface area contributed by atoms with E-state index in [-0.39, 0.29) is 25.8 Å². The van der Waals surface area contributed by atoms with Gasteiger partial charge in [-0.3, -0.25) is 16.0 Å². The van der Waals surface area contributed by atoms with Gasteiger partial charge in [-0.05, 0) is 24.9 Å². The molecule has 0 spiro atoms. The summed E-state index contributed by atoms with van der Waals surface area (Å²) in [5.74, 6) is 1.91. The fraction of sp³-hybridized carbons (Fsp3) is 0.182. The second-order valence-corrected chi connectivity index (χ2v) is 6.15. The first kappa shape index (κ1) is 22.6. The van der Waals surface area contributed by atoms with Crippen molar-refractivity contribution in [3.63, 3.8) is 0 Å². The van der Waals surface area contributed by atoms with Gasteiger partial charge in [0.05, 0.1) is 12.1 Å². The number of hydrogen-bond donors (Lipinski definition) is 1. The normalized spacial score (nSPS) is 12.2. The zero-order valence-electron chi connectivity index (χ0n) is 16.3. The predicted molar refractivity (Wildman–Crippen MR) is 109 cm³/mol. The molecule has 7 heteroatoms. The van der Waals surface area contributed by atoms with Gasteiger partial charge < -0.3 is 26.1 Å². The number of aromatic nitrogens is 3. The largest absolute Gasteiger partial charge is 0.475 e. The van der Waals surface area contributed by atoms with E-state index in [9.17, 15) is 4.79 Å². The van der Waals surface area contributed by atoms with Gasteiger partial charge in [0, 0.05) is 62.1 Å². The standard InChI is InChI=1S/C14H13N4O.C8H7N.Hf/c1-10-7-11(5-6-16-10)14(15-2)12-3-4-13(17-8-12)18-9-19;1-2-6-9-8(3-1)7-4-5-7;/h3-8H,1-2H3,(H,17,18,19);1-2,6H,4-5H2;/q-1;-2;. The van der Waals surface area contributed by atoms with Crippen LogP contribution >= 0.6 is 0 Å². The minimum atomic E-state index is 0. The SMILES string of the molecule is CN=C(c1ccc(N[C-]=O)nc1)c1ccnc(C)c1.[Hf].[c-]1cccnc1[C-]1CC1. The Morgan fingerprint density at radius 2 is 2.00 bits per heavy atom. The second-order valence-electron chi connectivity index (χ2n) is 6.15. The van der Waals surface area contributed by atoms with E-state index in [0.717, 1.165) is 28.2 Å². The van der Waals surface area contributed by atoms with Crippen LogP contribution < -0.4 is 5.32 Å². The van der Waals surface area contributed by atoms with E-state index in [1.807, 2.05) is 43.5 Å². The number of anilines is 1. The summed E-state index contributed by atoms with van der Waals surface area (Å²) in [5, 5.41) is 2.37. The van der Waals surface area contributed by atoms with E-state index in [1.165, 1.54) is 18.8 Å². The number of aryl methyl sites for hydroxylation is 1. The van der Waals surface area contributed by atoms with Crippen LogP contribution in [-0.2, 0) is 30.6 Å². The third-order valence-electron chi connectivity index (χ3n) is 4.05. The summed E-state index contributed by atoms with van der Waals surface area (Å²) in [7, 11) is 1.73. The Morgan fingerprint density at radius 1 is 1.17 bits per heavy atom. The molecule has 0 unspecified atom stereocenters. The summed E-state index contributed by atoms with van der Waals surface area (Å²) >= 11 is 0. The topological polar surface area (TPSA) is 80.1 Å². The Labute approximate surface area is 189 Å². The zero-order valence-corrected chi connectivity index (χ0v) is 19.9. The Hall–Kier alpha value is -2.67. The van der Waals surface area contributed by atoms with Gasteiger partial charge in [-0.2, -0.15) is 5.69 Å². The molecule has 3 heterocycles. The zero-order chi connectivity index (χ0) is 19.8. The summed E-state index contributed by atoms with van der Waals surface area (Å²) in [4.78, 5) is 26.9. The molecule has 1 amide bonds. The van der Waals surface area contributed by atoms with E-state index in [2.05, 4.69) is 31.3 Å². The maximum absolute atomic E-state index is 10.2. The quantitative estimate of drug-likeness (QED) is 0.230. The van der Waals surface area contributed by atoms with Crippen molar-refractivity contribution in [2.24, 2.45) is 4.99 Å². The Kier molecular flexibility index (Phi) is 8.86. The van der Waals surface area contributed by atoms with Gasteiger partial charge in [0.1, 0.15) is 0 Å². The first-order valence-corrected chi connectivity index (χ1v) is 8.88. The molecule has 1 N–H and O–H groups in total. The maximum Gasteiger partial charge on any atom is 0.0730 e. The molecule has 0 radical (unpaired) electrons. The minimum absolute atomic E-state index is 0. The van der Waals surface area contributed by atoms with Crippen LogP contribution in [0.3, 0.4) is 0 Å². The average molecular weight is 549 g/mol. The van der Waals surface area contributed by atoms with Crippen LogP contribution in [0.2, 0.25) is 0 Å². The maximum atomic E-state index is 10.2. The smallest absolute Gasteiger partial charge is 0.0730 e.